The van der Waals surface area contributed by atoms with Gasteiger partial charge in [-0.1, -0.05) is 54.4 Å². The molecule has 0 radical (unpaired) electrons. The number of alkyl halides is 3. The first kappa shape index (κ1) is 39.5. The van der Waals surface area contributed by atoms with Crippen LogP contribution in [0.5, 0.6) is 5.75 Å². The van der Waals surface area contributed by atoms with Crippen LogP contribution in [0.2, 0.25) is 10.0 Å². The number of nitrogens with zero attached hydrogens (tertiary/aromatic N) is 4. The number of ether oxygens (including phenoxy) is 1. The van der Waals surface area contributed by atoms with E-state index in [4.69, 9.17) is 28.9 Å². The van der Waals surface area contributed by atoms with Gasteiger partial charge in [-0.3, -0.25) is 14.6 Å². The summed E-state index contributed by atoms with van der Waals surface area (Å²) in [6, 6.07) is 18.1. The van der Waals surface area contributed by atoms with Gasteiger partial charge >= 0.3 is 6.36 Å². The first-order valence-corrected chi connectivity index (χ1v) is 20.0. The number of halogens is 5. The van der Waals surface area contributed by atoms with Crippen LogP contribution in [-0.2, 0) is 24.3 Å². The minimum Gasteiger partial charge on any atom is -0.406 e. The van der Waals surface area contributed by atoms with Gasteiger partial charge in [-0.25, -0.2) is 0 Å². The predicted molar refractivity (Wildman–Crippen MR) is 213 cm³/mol. The highest BCUT2D eigenvalue weighted by molar-refractivity contribution is 6.36. The average molecular weight is 798 g/mol. The van der Waals surface area contributed by atoms with Gasteiger partial charge in [0.05, 0.1) is 11.1 Å². The third-order valence-electron chi connectivity index (χ3n) is 11.6. The Balaban J connectivity index is 1.000. The molecule has 2 saturated heterocycles. The SMILES string of the molecule is C=C(NCCCc1cn(-c2ccc(OC(F)(F)F)cc2)c2cc(CN3CCN(Cc4c(Cl)cccc4Cl)CC3)ccc12)C1(N)CCN(C(=O)C2CCC2)CC1. The van der Waals surface area contributed by atoms with Crippen molar-refractivity contribution in [1.29, 1.82) is 0 Å². The Morgan fingerprint density at radius 2 is 1.58 bits per heavy atom. The molecule has 1 amide bonds. The van der Waals surface area contributed by atoms with E-state index in [0.717, 1.165) is 104 Å². The van der Waals surface area contributed by atoms with Crippen molar-refractivity contribution < 1.29 is 22.7 Å². The Morgan fingerprint density at radius 3 is 2.20 bits per heavy atom. The van der Waals surface area contributed by atoms with Crippen LogP contribution in [0.25, 0.3) is 16.6 Å². The van der Waals surface area contributed by atoms with E-state index in [1.54, 1.807) is 12.1 Å². The second kappa shape index (κ2) is 16.8. The van der Waals surface area contributed by atoms with E-state index in [0.29, 0.717) is 49.1 Å². The van der Waals surface area contributed by atoms with E-state index in [9.17, 15) is 18.0 Å². The Kier molecular flexibility index (Phi) is 12.0. The number of benzene rings is 3. The molecule has 3 N–H and O–H groups in total. The van der Waals surface area contributed by atoms with Crippen molar-refractivity contribution >= 4 is 40.0 Å². The van der Waals surface area contributed by atoms with Crippen molar-refractivity contribution in [1.82, 2.24) is 24.6 Å². The fraction of sp³-hybridized carbons (Fsp3) is 0.452. The van der Waals surface area contributed by atoms with Gasteiger partial charge in [0.25, 0.3) is 0 Å². The number of carbonyl (C=O) groups excluding carboxylic acids is 1. The lowest BCUT2D eigenvalue weighted by Crippen LogP contribution is -2.56. The first-order chi connectivity index (χ1) is 26.3. The highest BCUT2D eigenvalue weighted by Gasteiger charge is 2.37. The van der Waals surface area contributed by atoms with Gasteiger partial charge in [0.15, 0.2) is 0 Å². The average Bonchev–Trinajstić information content (AvgIpc) is 3.49. The standard InChI is InChI=1S/C42H49Cl2F3N6O2/c1-29(41(48)16-19-52(20-17-41)40(54)31-5-2-6-31)49-18-4-7-32-27-53(33-11-13-34(14-12-33)55-42(45,46)47)39-25-30(10-15-35(32)39)26-50-21-23-51(24-22-50)28-36-37(43)8-3-9-38(36)44/h3,8-15,25,27,31,49H,1-2,4-7,16-24,26,28,48H2. The van der Waals surface area contributed by atoms with E-state index in [2.05, 4.69) is 55.4 Å². The van der Waals surface area contributed by atoms with E-state index in [1.807, 2.05) is 23.1 Å². The topological polar surface area (TPSA) is 79.0 Å². The molecule has 8 nitrogen and oxygen atoms in total. The molecule has 13 heteroatoms. The first-order valence-electron chi connectivity index (χ1n) is 19.2. The number of rotatable bonds is 13. The Labute approximate surface area is 331 Å². The van der Waals surface area contributed by atoms with E-state index in [-0.39, 0.29) is 17.6 Å². The summed E-state index contributed by atoms with van der Waals surface area (Å²) in [6.45, 7) is 11.4. The van der Waals surface area contributed by atoms with Gasteiger partial charge in [-0.15, -0.1) is 13.2 Å². The molecule has 3 aromatic carbocycles. The van der Waals surface area contributed by atoms with Gasteiger partial charge in [-0.2, -0.15) is 0 Å². The van der Waals surface area contributed by atoms with Gasteiger partial charge in [0.1, 0.15) is 5.75 Å². The number of aryl methyl sites for hydroxylation is 1. The summed E-state index contributed by atoms with van der Waals surface area (Å²) in [5, 5.41) is 5.95. The molecule has 1 saturated carbocycles. The van der Waals surface area contributed by atoms with Crippen molar-refractivity contribution in [2.75, 3.05) is 45.8 Å². The molecular weight excluding hydrogens is 748 g/mol. The normalized spacial score (nSPS) is 18.3. The molecule has 7 rings (SSSR count). The summed E-state index contributed by atoms with van der Waals surface area (Å²) in [7, 11) is 0. The van der Waals surface area contributed by atoms with Crippen LogP contribution in [0, 0.1) is 5.92 Å². The van der Waals surface area contributed by atoms with Crippen LogP contribution in [-0.4, -0.2) is 82.9 Å². The zero-order valence-corrected chi connectivity index (χ0v) is 32.5. The lowest BCUT2D eigenvalue weighted by atomic mass is 9.82. The smallest absolute Gasteiger partial charge is 0.406 e. The summed E-state index contributed by atoms with van der Waals surface area (Å²) in [5.41, 5.74) is 12.1. The number of amides is 1. The molecule has 1 aliphatic carbocycles. The minimum absolute atomic E-state index is 0.195. The Hall–Kier alpha value is -3.74. The number of carbonyl (C=O) groups is 1. The number of hydrogen-bond donors (Lipinski definition) is 2. The zero-order valence-electron chi connectivity index (χ0n) is 31.0. The molecule has 0 spiro atoms. The predicted octanol–water partition coefficient (Wildman–Crippen LogP) is 8.31. The third kappa shape index (κ3) is 9.46. The van der Waals surface area contributed by atoms with Gasteiger partial charge in [0.2, 0.25) is 5.91 Å². The summed E-state index contributed by atoms with van der Waals surface area (Å²) in [4.78, 5) is 19.5. The van der Waals surface area contributed by atoms with Crippen molar-refractivity contribution in [2.45, 2.75) is 69.9 Å². The fourth-order valence-corrected chi connectivity index (χ4v) is 8.49. The monoisotopic (exact) mass is 796 g/mol. The highest BCUT2D eigenvalue weighted by atomic mass is 35.5. The number of aromatic nitrogens is 1. The van der Waals surface area contributed by atoms with Crippen molar-refractivity contribution in [3.63, 3.8) is 0 Å². The molecule has 1 aromatic heterocycles. The van der Waals surface area contributed by atoms with Crippen LogP contribution in [0.15, 0.2) is 79.1 Å². The van der Waals surface area contributed by atoms with Gasteiger partial charge in [-0.05, 0) is 92.1 Å². The molecule has 3 fully saturated rings. The minimum atomic E-state index is -4.76. The zero-order chi connectivity index (χ0) is 38.7. The van der Waals surface area contributed by atoms with Crippen molar-refractivity contribution in [3.05, 3.63) is 106 Å². The molecule has 0 bridgehead atoms. The number of piperidine rings is 1. The lowest BCUT2D eigenvalue weighted by molar-refractivity contribution is -0.274. The summed E-state index contributed by atoms with van der Waals surface area (Å²) >= 11 is 12.9. The maximum absolute atomic E-state index is 12.9. The number of piperazine rings is 1. The molecule has 0 unspecified atom stereocenters. The fourth-order valence-electron chi connectivity index (χ4n) is 7.97. The molecule has 294 valence electrons. The van der Waals surface area contributed by atoms with Gasteiger partial charge in [0, 0.05) is 103 Å². The third-order valence-corrected chi connectivity index (χ3v) is 12.3. The number of nitrogens with two attached hydrogens (primary N) is 1. The maximum Gasteiger partial charge on any atom is 0.573 e. The quantitative estimate of drug-likeness (QED) is 0.133. The second-order valence-corrected chi connectivity index (χ2v) is 16.1. The highest BCUT2D eigenvalue weighted by Crippen LogP contribution is 2.33. The maximum atomic E-state index is 12.9. The molecule has 3 aliphatic rings. The van der Waals surface area contributed by atoms with Crippen LogP contribution >= 0.6 is 23.2 Å². The van der Waals surface area contributed by atoms with Crippen molar-refractivity contribution in [3.8, 4) is 11.4 Å². The molecule has 55 heavy (non-hydrogen) atoms. The molecule has 4 aromatic rings. The van der Waals surface area contributed by atoms with Crippen LogP contribution in [0.4, 0.5) is 13.2 Å². The van der Waals surface area contributed by atoms with E-state index in [1.165, 1.54) is 12.1 Å². The second-order valence-electron chi connectivity index (χ2n) is 15.3. The van der Waals surface area contributed by atoms with Crippen molar-refractivity contribution in [2.24, 2.45) is 11.7 Å². The summed E-state index contributed by atoms with van der Waals surface area (Å²) in [5.74, 6) is 0.211. The Bertz CT molecular complexity index is 1960. The van der Waals surface area contributed by atoms with E-state index >= 15 is 0 Å². The van der Waals surface area contributed by atoms with Gasteiger partial charge < -0.3 is 25.3 Å². The molecule has 2 aliphatic heterocycles. The molecular formula is C42H49Cl2F3N6O2. The molecule has 3 heterocycles. The Morgan fingerprint density at radius 1 is 0.927 bits per heavy atom. The van der Waals surface area contributed by atoms with Crippen LogP contribution in [0.1, 0.15) is 55.2 Å². The van der Waals surface area contributed by atoms with Crippen LogP contribution in [0.3, 0.4) is 0 Å². The lowest BCUT2D eigenvalue weighted by Gasteiger charge is -2.42. The number of nitrogens with one attached hydrogen (secondary N) is 1. The number of likely N-dealkylation sites (tertiary alicyclic amines) is 1. The summed E-state index contributed by atoms with van der Waals surface area (Å²) in [6.07, 6.45) is 3.44. The number of hydrogen-bond acceptors (Lipinski definition) is 6. The largest absolute Gasteiger partial charge is 0.573 e. The summed E-state index contributed by atoms with van der Waals surface area (Å²) < 4.78 is 44.9. The molecule has 0 atom stereocenters. The number of fused-ring (bicyclic) bond motifs is 1. The van der Waals surface area contributed by atoms with Crippen LogP contribution < -0.4 is 15.8 Å². The van der Waals surface area contributed by atoms with E-state index < -0.39 is 11.9 Å².